The summed E-state index contributed by atoms with van der Waals surface area (Å²) in [7, 11) is 0. The highest BCUT2D eigenvalue weighted by Gasteiger charge is 2.14. The maximum absolute atomic E-state index is 4.69. The molecule has 0 spiro atoms. The largest absolute Gasteiger partial charge is 0.338 e. The summed E-state index contributed by atoms with van der Waals surface area (Å²) < 4.78 is 2.40. The van der Waals surface area contributed by atoms with Crippen molar-refractivity contribution in [2.45, 2.75) is 27.3 Å². The van der Waals surface area contributed by atoms with Crippen LogP contribution < -0.4 is 0 Å². The number of aromatic nitrogens is 2. The molecular weight excluding hydrogens is 364 g/mol. The fraction of sp³-hybridized carbons (Fsp3) is 0.160. The first-order valence-corrected chi connectivity index (χ1v) is 9.36. The Morgan fingerprint density at radius 2 is 1.57 bits per heavy atom. The van der Waals surface area contributed by atoms with E-state index in [-0.39, 0.29) is 12.4 Å². The topological polar surface area (TPSA) is 17.8 Å². The predicted molar refractivity (Wildman–Crippen MR) is 122 cm³/mol. The summed E-state index contributed by atoms with van der Waals surface area (Å²) in [5, 5.41) is 1.28. The number of halogens is 1. The molecule has 2 aromatic carbocycles. The van der Waals surface area contributed by atoms with Crippen molar-refractivity contribution in [3.63, 3.8) is 0 Å². The molecule has 0 aliphatic carbocycles. The van der Waals surface area contributed by atoms with Crippen molar-refractivity contribution in [1.29, 1.82) is 0 Å². The molecular formula is C25H25ClN2. The molecule has 4 rings (SSSR count). The van der Waals surface area contributed by atoms with Crippen molar-refractivity contribution >= 4 is 35.5 Å². The Morgan fingerprint density at radius 1 is 0.857 bits per heavy atom. The Bertz CT molecular complexity index is 1110. The van der Waals surface area contributed by atoms with Gasteiger partial charge in [-0.1, -0.05) is 66.2 Å². The lowest BCUT2D eigenvalue weighted by atomic mass is 10.1. The van der Waals surface area contributed by atoms with E-state index in [1.165, 1.54) is 38.9 Å². The van der Waals surface area contributed by atoms with E-state index in [0.717, 1.165) is 12.2 Å². The lowest BCUT2D eigenvalue weighted by Crippen LogP contribution is -2.03. The third kappa shape index (κ3) is 3.88. The van der Waals surface area contributed by atoms with Gasteiger partial charge in [0.05, 0.1) is 11.2 Å². The zero-order valence-corrected chi connectivity index (χ0v) is 17.3. The molecule has 28 heavy (non-hydrogen) atoms. The summed E-state index contributed by atoms with van der Waals surface area (Å²) in [6, 6.07) is 21.3. The Hall–Kier alpha value is -2.84. The molecule has 0 unspecified atom stereocenters. The van der Waals surface area contributed by atoms with Gasteiger partial charge in [-0.2, -0.15) is 0 Å². The van der Waals surface area contributed by atoms with Crippen molar-refractivity contribution in [2.24, 2.45) is 0 Å². The normalized spacial score (nSPS) is 11.1. The summed E-state index contributed by atoms with van der Waals surface area (Å²) >= 11 is 0. The second-order valence-corrected chi connectivity index (χ2v) is 7.12. The summed E-state index contributed by atoms with van der Waals surface area (Å²) in [5.41, 5.74) is 8.63. The Balaban J connectivity index is 0.00000225. The number of fused-ring (bicyclic) bond motifs is 1. The van der Waals surface area contributed by atoms with E-state index < -0.39 is 0 Å². The van der Waals surface area contributed by atoms with E-state index >= 15 is 0 Å². The van der Waals surface area contributed by atoms with Gasteiger partial charge in [0.25, 0.3) is 0 Å². The van der Waals surface area contributed by atoms with Crippen LogP contribution in [0.25, 0.3) is 23.1 Å². The van der Waals surface area contributed by atoms with Gasteiger partial charge in [-0.3, -0.25) is 4.98 Å². The highest BCUT2D eigenvalue weighted by molar-refractivity contribution is 5.92. The van der Waals surface area contributed by atoms with Crippen molar-refractivity contribution in [2.75, 3.05) is 0 Å². The van der Waals surface area contributed by atoms with E-state index in [9.17, 15) is 0 Å². The van der Waals surface area contributed by atoms with Gasteiger partial charge in [-0.15, -0.1) is 12.4 Å². The maximum atomic E-state index is 4.69. The van der Waals surface area contributed by atoms with Gasteiger partial charge in [0.15, 0.2) is 0 Å². The molecule has 2 heterocycles. The molecule has 0 amide bonds. The third-order valence-electron chi connectivity index (χ3n) is 5.27. The van der Waals surface area contributed by atoms with E-state index in [1.54, 1.807) is 0 Å². The fourth-order valence-corrected chi connectivity index (χ4v) is 3.56. The van der Waals surface area contributed by atoms with Crippen LogP contribution in [0.5, 0.6) is 0 Å². The monoisotopic (exact) mass is 388 g/mol. The predicted octanol–water partition coefficient (Wildman–Crippen LogP) is 6.60. The van der Waals surface area contributed by atoms with Crippen LogP contribution in [-0.2, 0) is 6.54 Å². The van der Waals surface area contributed by atoms with Crippen LogP contribution in [0, 0.1) is 20.8 Å². The highest BCUT2D eigenvalue weighted by Crippen LogP contribution is 2.29. The van der Waals surface area contributed by atoms with Crippen LogP contribution in [-0.4, -0.2) is 9.55 Å². The van der Waals surface area contributed by atoms with E-state index in [0.29, 0.717) is 0 Å². The molecule has 2 nitrogen and oxygen atoms in total. The van der Waals surface area contributed by atoms with Crippen LogP contribution in [0.1, 0.15) is 33.6 Å². The van der Waals surface area contributed by atoms with Gasteiger partial charge in [-0.05, 0) is 49.6 Å². The SMILES string of the molecule is Cc1ccc(Cn2c(C)c(C)c3ccnc(C=Cc4ccccc4)c32)cc1.Cl. The third-order valence-corrected chi connectivity index (χ3v) is 5.27. The first-order valence-electron chi connectivity index (χ1n) is 9.36. The molecule has 0 N–H and O–H groups in total. The van der Waals surface area contributed by atoms with Crippen molar-refractivity contribution < 1.29 is 0 Å². The minimum Gasteiger partial charge on any atom is -0.338 e. The molecule has 0 bridgehead atoms. The van der Waals surface area contributed by atoms with Crippen LogP contribution in [0.3, 0.4) is 0 Å². The average Bonchev–Trinajstić information content (AvgIpc) is 2.94. The van der Waals surface area contributed by atoms with Crippen LogP contribution in [0.15, 0.2) is 66.9 Å². The zero-order chi connectivity index (χ0) is 18.8. The van der Waals surface area contributed by atoms with Crippen molar-refractivity contribution in [3.8, 4) is 0 Å². The van der Waals surface area contributed by atoms with E-state index in [2.05, 4.69) is 97.1 Å². The number of hydrogen-bond acceptors (Lipinski definition) is 1. The Kier molecular flexibility index (Phi) is 6.01. The second-order valence-electron chi connectivity index (χ2n) is 7.12. The molecule has 0 aliphatic rings. The van der Waals surface area contributed by atoms with Gasteiger partial charge >= 0.3 is 0 Å². The number of benzene rings is 2. The number of aryl methyl sites for hydroxylation is 2. The van der Waals surface area contributed by atoms with Crippen molar-refractivity contribution in [3.05, 3.63) is 101 Å². The molecule has 0 radical (unpaired) electrons. The zero-order valence-electron chi connectivity index (χ0n) is 16.5. The van der Waals surface area contributed by atoms with Gasteiger partial charge in [0.1, 0.15) is 0 Å². The van der Waals surface area contributed by atoms with Gasteiger partial charge in [0, 0.05) is 23.8 Å². The molecule has 0 saturated heterocycles. The highest BCUT2D eigenvalue weighted by atomic mass is 35.5. The molecule has 0 atom stereocenters. The minimum absolute atomic E-state index is 0. The summed E-state index contributed by atoms with van der Waals surface area (Å²) in [5.74, 6) is 0. The Morgan fingerprint density at radius 3 is 2.29 bits per heavy atom. The summed E-state index contributed by atoms with van der Waals surface area (Å²) in [4.78, 5) is 4.69. The number of hydrogen-bond donors (Lipinski definition) is 0. The molecule has 0 aliphatic heterocycles. The molecule has 0 fully saturated rings. The van der Waals surface area contributed by atoms with Crippen LogP contribution >= 0.6 is 12.4 Å². The molecule has 0 saturated carbocycles. The number of rotatable bonds is 4. The van der Waals surface area contributed by atoms with Gasteiger partial charge in [0.2, 0.25) is 0 Å². The minimum atomic E-state index is 0. The van der Waals surface area contributed by atoms with Crippen molar-refractivity contribution in [1.82, 2.24) is 9.55 Å². The molecule has 142 valence electrons. The first kappa shape index (κ1) is 19.9. The van der Waals surface area contributed by atoms with Gasteiger partial charge < -0.3 is 4.57 Å². The van der Waals surface area contributed by atoms with E-state index in [1.807, 2.05) is 12.3 Å². The fourth-order valence-electron chi connectivity index (χ4n) is 3.56. The summed E-state index contributed by atoms with van der Waals surface area (Å²) in [6.45, 7) is 7.39. The second kappa shape index (κ2) is 8.45. The van der Waals surface area contributed by atoms with Crippen LogP contribution in [0.2, 0.25) is 0 Å². The number of nitrogens with zero attached hydrogens (tertiary/aromatic N) is 2. The lowest BCUT2D eigenvalue weighted by Gasteiger charge is -2.10. The Labute approximate surface area is 173 Å². The average molecular weight is 389 g/mol. The maximum Gasteiger partial charge on any atom is 0.0873 e. The lowest BCUT2D eigenvalue weighted by molar-refractivity contribution is 0.798. The van der Waals surface area contributed by atoms with Crippen LogP contribution in [0.4, 0.5) is 0 Å². The number of pyridine rings is 1. The standard InChI is InChI=1S/C25H24N2.ClH/c1-18-9-11-22(12-10-18)17-27-20(3)19(2)23-15-16-26-24(25(23)27)14-13-21-7-5-4-6-8-21;/h4-16H,17H2,1-3H3;1H. The molecule has 3 heteroatoms. The first-order chi connectivity index (χ1) is 13.1. The summed E-state index contributed by atoms with van der Waals surface area (Å²) in [6.07, 6.45) is 6.17. The molecule has 2 aromatic heterocycles. The smallest absolute Gasteiger partial charge is 0.0873 e. The quantitative estimate of drug-likeness (QED) is 0.385. The molecule has 4 aromatic rings. The van der Waals surface area contributed by atoms with Gasteiger partial charge in [-0.25, -0.2) is 0 Å². The van der Waals surface area contributed by atoms with E-state index in [4.69, 9.17) is 0 Å².